The van der Waals surface area contributed by atoms with Crippen molar-refractivity contribution in [2.75, 3.05) is 53.0 Å². The highest BCUT2D eigenvalue weighted by molar-refractivity contribution is 7.11. The summed E-state index contributed by atoms with van der Waals surface area (Å²) in [4.78, 5) is 25.9. The highest BCUT2D eigenvalue weighted by Crippen LogP contribution is 2.40. The van der Waals surface area contributed by atoms with E-state index in [2.05, 4.69) is 14.9 Å². The van der Waals surface area contributed by atoms with E-state index in [4.69, 9.17) is 9.47 Å². The lowest BCUT2D eigenvalue weighted by molar-refractivity contribution is -0.137. The Labute approximate surface area is 229 Å². The first-order valence-corrected chi connectivity index (χ1v) is 13.7. The molecule has 1 aromatic carbocycles. The van der Waals surface area contributed by atoms with E-state index in [0.717, 1.165) is 74.4 Å². The van der Waals surface area contributed by atoms with E-state index in [1.54, 1.807) is 37.0 Å². The molecule has 0 unspecified atom stereocenters. The van der Waals surface area contributed by atoms with Gasteiger partial charge in [-0.2, -0.15) is 13.2 Å². The van der Waals surface area contributed by atoms with Crippen molar-refractivity contribution in [3.05, 3.63) is 70.3 Å². The molecule has 2 aromatic heterocycles. The van der Waals surface area contributed by atoms with Gasteiger partial charge in [0.15, 0.2) is 0 Å². The van der Waals surface area contributed by atoms with Gasteiger partial charge >= 0.3 is 6.18 Å². The summed E-state index contributed by atoms with van der Waals surface area (Å²) in [7, 11) is 1.56. The van der Waals surface area contributed by atoms with Gasteiger partial charge in [0.2, 0.25) is 0 Å². The Morgan fingerprint density at radius 3 is 2.54 bits per heavy atom. The van der Waals surface area contributed by atoms with Crippen molar-refractivity contribution in [3.63, 3.8) is 0 Å². The quantitative estimate of drug-likeness (QED) is 0.430. The van der Waals surface area contributed by atoms with Crippen LogP contribution in [0.2, 0.25) is 0 Å². The van der Waals surface area contributed by atoms with Crippen LogP contribution in [-0.4, -0.2) is 78.7 Å². The van der Waals surface area contributed by atoms with Crippen molar-refractivity contribution in [2.45, 2.75) is 19.2 Å². The molecule has 1 amide bonds. The second-order valence-electron chi connectivity index (χ2n) is 10.4. The fourth-order valence-corrected chi connectivity index (χ4v) is 5.92. The first-order chi connectivity index (χ1) is 18.7. The Hall–Kier alpha value is -2.86. The molecular formula is C28H31F3N4O3S. The van der Waals surface area contributed by atoms with Gasteiger partial charge in [0.25, 0.3) is 5.91 Å². The van der Waals surface area contributed by atoms with Gasteiger partial charge in [0, 0.05) is 56.7 Å². The number of amides is 1. The maximum atomic E-state index is 12.5. The molecule has 6 rings (SSSR count). The molecule has 0 aliphatic carbocycles. The summed E-state index contributed by atoms with van der Waals surface area (Å²) in [6.45, 7) is 7.52. The van der Waals surface area contributed by atoms with E-state index in [-0.39, 0.29) is 5.91 Å². The number of benzene rings is 1. The number of thiazole rings is 1. The zero-order valence-electron chi connectivity index (χ0n) is 21.7. The monoisotopic (exact) mass is 560 g/mol. The Balaban J connectivity index is 0.000000158. The molecule has 0 atom stereocenters. The average Bonchev–Trinajstić information content (AvgIpc) is 3.57. The van der Waals surface area contributed by atoms with Gasteiger partial charge in [-0.15, -0.1) is 11.3 Å². The van der Waals surface area contributed by atoms with Crippen LogP contribution in [0.25, 0.3) is 11.3 Å². The number of methoxy groups -OCH3 is 1. The van der Waals surface area contributed by atoms with Crippen LogP contribution < -0.4 is 0 Å². The number of rotatable bonds is 6. The number of carbonyl (C=O) groups excluding carboxylic acids is 1. The summed E-state index contributed by atoms with van der Waals surface area (Å²) >= 11 is 1.44. The van der Waals surface area contributed by atoms with E-state index in [1.807, 2.05) is 4.90 Å². The first-order valence-electron chi connectivity index (χ1n) is 12.9. The Kier molecular flexibility index (Phi) is 8.32. The van der Waals surface area contributed by atoms with E-state index in [0.29, 0.717) is 23.3 Å². The molecule has 3 aliphatic rings. The molecule has 3 saturated heterocycles. The van der Waals surface area contributed by atoms with Crippen LogP contribution in [0, 0.1) is 11.3 Å². The van der Waals surface area contributed by atoms with Crippen LogP contribution in [0.3, 0.4) is 0 Å². The maximum absolute atomic E-state index is 12.5. The number of hydrogen-bond acceptors (Lipinski definition) is 7. The summed E-state index contributed by atoms with van der Waals surface area (Å²) < 4.78 is 47.6. The normalized spacial score (nSPS) is 18.8. The van der Waals surface area contributed by atoms with Crippen molar-refractivity contribution >= 4 is 17.2 Å². The summed E-state index contributed by atoms with van der Waals surface area (Å²) in [5.41, 5.74) is 3.44. The highest BCUT2D eigenvalue weighted by Gasteiger charge is 2.49. The van der Waals surface area contributed by atoms with Crippen LogP contribution in [0.5, 0.6) is 0 Å². The summed E-state index contributed by atoms with van der Waals surface area (Å²) in [5.74, 6) is 0.902. The molecule has 7 nitrogen and oxygen atoms in total. The summed E-state index contributed by atoms with van der Waals surface area (Å²) in [5, 5.41) is 0. The van der Waals surface area contributed by atoms with Gasteiger partial charge in [-0.25, -0.2) is 0 Å². The van der Waals surface area contributed by atoms with Crippen molar-refractivity contribution in [1.82, 2.24) is 19.8 Å². The number of pyridine rings is 1. The molecule has 0 saturated carbocycles. The maximum Gasteiger partial charge on any atom is 0.416 e. The second kappa shape index (κ2) is 11.7. The molecule has 0 bridgehead atoms. The molecule has 3 fully saturated rings. The highest BCUT2D eigenvalue weighted by atomic mass is 32.1. The molecular weight excluding hydrogens is 529 g/mol. The summed E-state index contributed by atoms with van der Waals surface area (Å²) in [6.07, 6.45) is -1.49. The van der Waals surface area contributed by atoms with Gasteiger partial charge in [-0.1, -0.05) is 18.2 Å². The third-order valence-electron chi connectivity index (χ3n) is 7.32. The molecule has 5 heterocycles. The Bertz CT molecular complexity index is 1240. The molecule has 39 heavy (non-hydrogen) atoms. The lowest BCUT2D eigenvalue weighted by Gasteiger charge is -2.50. The average molecular weight is 561 g/mol. The predicted octanol–water partition coefficient (Wildman–Crippen LogP) is 4.85. The number of ether oxygens (including phenoxy) is 2. The minimum atomic E-state index is -4.32. The molecule has 1 spiro atoms. The summed E-state index contributed by atoms with van der Waals surface area (Å²) in [6, 6.07) is 10.3. The van der Waals surface area contributed by atoms with Crippen LogP contribution >= 0.6 is 11.3 Å². The topological polar surface area (TPSA) is 67.8 Å². The first kappa shape index (κ1) is 27.7. The van der Waals surface area contributed by atoms with Crippen LogP contribution in [-0.2, 0) is 22.3 Å². The van der Waals surface area contributed by atoms with Crippen molar-refractivity contribution in [3.8, 4) is 11.3 Å². The minimum absolute atomic E-state index is 0.162. The van der Waals surface area contributed by atoms with Crippen molar-refractivity contribution < 1.29 is 27.4 Å². The third-order valence-corrected chi connectivity index (χ3v) is 8.08. The second-order valence-corrected chi connectivity index (χ2v) is 11.3. The predicted molar refractivity (Wildman–Crippen MR) is 141 cm³/mol. The zero-order valence-corrected chi connectivity index (χ0v) is 22.5. The van der Waals surface area contributed by atoms with Gasteiger partial charge in [-0.3, -0.25) is 14.8 Å². The zero-order chi connectivity index (χ0) is 27.5. The van der Waals surface area contributed by atoms with Crippen LogP contribution in [0.15, 0.2) is 54.2 Å². The Morgan fingerprint density at radius 2 is 1.92 bits per heavy atom. The van der Waals surface area contributed by atoms with Gasteiger partial charge < -0.3 is 19.3 Å². The number of carbonyl (C=O) groups is 1. The molecule has 208 valence electrons. The fourth-order valence-electron chi connectivity index (χ4n) is 5.33. The van der Waals surface area contributed by atoms with E-state index in [1.165, 1.54) is 30.0 Å². The van der Waals surface area contributed by atoms with Crippen molar-refractivity contribution in [2.24, 2.45) is 11.3 Å². The largest absolute Gasteiger partial charge is 0.416 e. The lowest BCUT2D eigenvalue weighted by atomic mass is 9.78. The van der Waals surface area contributed by atoms with E-state index < -0.39 is 11.7 Å². The molecule has 0 N–H and O–H groups in total. The molecule has 0 radical (unpaired) electrons. The van der Waals surface area contributed by atoms with E-state index >= 15 is 0 Å². The van der Waals surface area contributed by atoms with Gasteiger partial charge in [0.1, 0.15) is 4.88 Å². The lowest BCUT2D eigenvalue weighted by Crippen LogP contribution is -2.59. The molecule has 3 aliphatic heterocycles. The van der Waals surface area contributed by atoms with E-state index in [9.17, 15) is 18.0 Å². The number of alkyl halides is 3. The third kappa shape index (κ3) is 6.66. The number of nitrogens with zero attached hydrogens (tertiary/aromatic N) is 4. The van der Waals surface area contributed by atoms with Crippen LogP contribution in [0.1, 0.15) is 27.3 Å². The molecule has 11 heteroatoms. The number of likely N-dealkylation sites (tertiary alicyclic amines) is 2. The molecule has 3 aromatic rings. The van der Waals surface area contributed by atoms with Gasteiger partial charge in [-0.05, 0) is 30.7 Å². The minimum Gasteiger partial charge on any atom is -0.381 e. The fraction of sp³-hybridized carbons (Fsp3) is 0.464. The van der Waals surface area contributed by atoms with Crippen LogP contribution in [0.4, 0.5) is 13.2 Å². The SMILES string of the molecule is COCc1cccc(-c2ccc(C(F)(F)F)cc2)n1.O=C(c1cncs1)N1CCC2(CN(CC3COC3)C2)C1. The van der Waals surface area contributed by atoms with Crippen molar-refractivity contribution in [1.29, 1.82) is 0 Å². The smallest absolute Gasteiger partial charge is 0.381 e. The number of hydrogen-bond donors (Lipinski definition) is 0. The number of halogens is 3. The van der Waals surface area contributed by atoms with Gasteiger partial charge in [0.05, 0.1) is 48.5 Å². The number of aromatic nitrogens is 2. The standard InChI is InChI=1S/C14H12F3NO.C14H19N3O2S/c1-19-9-12-3-2-4-13(18-12)10-5-7-11(8-6-10)14(15,16)17;18-13(12-3-15-10-20-12)17-2-1-14(9-17)7-16(8-14)4-11-5-19-6-11/h2-8H,9H2,1H3;3,10-11H,1-2,4-9H2. The Morgan fingerprint density at radius 1 is 1.15 bits per heavy atom.